The van der Waals surface area contributed by atoms with Gasteiger partial charge in [-0.3, -0.25) is 19.3 Å². The SMILES string of the molecule is CC(C)(C)OC(=O)N[C@@H](CCCCC/C=C\[C@@H]1C[C@@H]1C(=O)NCCF)C(=O)N1C[C@H](OC(=O)N2Cc3cccc(F)c3C2)C[C@H]1C(N)=O. The van der Waals surface area contributed by atoms with Crippen LogP contribution in [0.1, 0.15) is 76.8 Å². The monoisotopic (exact) mass is 675 g/mol. The second-order valence-electron chi connectivity index (χ2n) is 13.6. The molecule has 5 atom stereocenters. The van der Waals surface area contributed by atoms with Crippen LogP contribution in [-0.4, -0.2) is 83.3 Å². The molecule has 0 bridgehead atoms. The molecule has 1 saturated carbocycles. The number of primary amides is 1. The fourth-order valence-corrected chi connectivity index (χ4v) is 6.12. The summed E-state index contributed by atoms with van der Waals surface area (Å²) in [5.74, 6) is -1.76. The number of rotatable bonds is 14. The van der Waals surface area contributed by atoms with Crippen molar-refractivity contribution in [2.24, 2.45) is 17.6 Å². The molecule has 2 fully saturated rings. The number of unbranched alkanes of at least 4 members (excludes halogenated alkanes) is 3. The van der Waals surface area contributed by atoms with E-state index in [1.165, 1.54) is 15.9 Å². The Bertz CT molecular complexity index is 1380. The van der Waals surface area contributed by atoms with Crippen LogP contribution in [0.3, 0.4) is 0 Å². The molecule has 1 aromatic carbocycles. The van der Waals surface area contributed by atoms with Gasteiger partial charge in [-0.25, -0.2) is 18.4 Å². The van der Waals surface area contributed by atoms with Crippen molar-refractivity contribution in [1.82, 2.24) is 20.4 Å². The summed E-state index contributed by atoms with van der Waals surface area (Å²) in [5, 5.41) is 5.21. The summed E-state index contributed by atoms with van der Waals surface area (Å²) in [6.45, 7) is 4.68. The van der Waals surface area contributed by atoms with Gasteiger partial charge >= 0.3 is 12.2 Å². The molecule has 2 heterocycles. The number of benzene rings is 1. The Labute approximate surface area is 279 Å². The quantitative estimate of drug-likeness (QED) is 0.199. The molecule has 5 amide bonds. The Morgan fingerprint density at radius 2 is 1.88 bits per heavy atom. The van der Waals surface area contributed by atoms with Crippen LogP contribution in [0, 0.1) is 17.7 Å². The third kappa shape index (κ3) is 10.1. The maximum absolute atomic E-state index is 14.2. The van der Waals surface area contributed by atoms with Gasteiger partial charge in [0, 0.05) is 31.0 Å². The van der Waals surface area contributed by atoms with Crippen LogP contribution >= 0.6 is 0 Å². The summed E-state index contributed by atoms with van der Waals surface area (Å²) in [7, 11) is 0. The number of fused-ring (bicyclic) bond motifs is 1. The number of carbonyl (C=O) groups excluding carboxylic acids is 5. The van der Waals surface area contributed by atoms with Crippen LogP contribution in [0.2, 0.25) is 0 Å². The van der Waals surface area contributed by atoms with E-state index in [9.17, 15) is 32.8 Å². The number of carbonyl (C=O) groups is 5. The Balaban J connectivity index is 1.30. The summed E-state index contributed by atoms with van der Waals surface area (Å²) >= 11 is 0. The van der Waals surface area contributed by atoms with Gasteiger partial charge in [-0.15, -0.1) is 0 Å². The number of ether oxygens (including phenoxy) is 2. The molecule has 48 heavy (non-hydrogen) atoms. The molecule has 1 saturated heterocycles. The fourth-order valence-electron chi connectivity index (χ4n) is 6.12. The Hall–Kier alpha value is -4.23. The summed E-state index contributed by atoms with van der Waals surface area (Å²) in [5.41, 5.74) is 5.96. The van der Waals surface area contributed by atoms with Crippen molar-refractivity contribution in [2.75, 3.05) is 19.8 Å². The zero-order chi connectivity index (χ0) is 35.0. The molecule has 14 heteroatoms. The van der Waals surface area contributed by atoms with E-state index < -0.39 is 60.3 Å². The molecule has 3 aliphatic rings. The summed E-state index contributed by atoms with van der Waals surface area (Å²) in [6, 6.07) is 2.58. The Morgan fingerprint density at radius 1 is 1.10 bits per heavy atom. The maximum Gasteiger partial charge on any atom is 0.410 e. The van der Waals surface area contributed by atoms with Crippen molar-refractivity contribution >= 4 is 29.9 Å². The predicted octanol–water partition coefficient (Wildman–Crippen LogP) is 3.85. The Morgan fingerprint density at radius 3 is 2.56 bits per heavy atom. The lowest BCUT2D eigenvalue weighted by atomic mass is 10.0. The van der Waals surface area contributed by atoms with E-state index in [-0.39, 0.29) is 56.8 Å². The van der Waals surface area contributed by atoms with Crippen LogP contribution in [0.5, 0.6) is 0 Å². The van der Waals surface area contributed by atoms with Gasteiger partial charge in [0.25, 0.3) is 0 Å². The molecule has 0 aromatic heterocycles. The minimum absolute atomic E-state index is 0.00713. The van der Waals surface area contributed by atoms with Crippen molar-refractivity contribution in [3.8, 4) is 0 Å². The predicted molar refractivity (Wildman–Crippen MR) is 171 cm³/mol. The highest BCUT2D eigenvalue weighted by Crippen LogP contribution is 2.40. The van der Waals surface area contributed by atoms with E-state index in [0.717, 1.165) is 25.7 Å². The number of nitrogens with two attached hydrogens (primary N) is 1. The van der Waals surface area contributed by atoms with Crippen LogP contribution in [-0.2, 0) is 36.9 Å². The van der Waals surface area contributed by atoms with Gasteiger partial charge in [0.05, 0.1) is 13.1 Å². The number of halogens is 2. The molecule has 0 spiro atoms. The van der Waals surface area contributed by atoms with Gasteiger partial charge in [-0.05, 0) is 64.0 Å². The largest absolute Gasteiger partial charge is 0.444 e. The Kier molecular flexibility index (Phi) is 12.4. The van der Waals surface area contributed by atoms with Gasteiger partial charge in [-0.1, -0.05) is 37.1 Å². The molecule has 12 nitrogen and oxygen atoms in total. The number of alkyl halides is 1. The third-order valence-electron chi connectivity index (χ3n) is 8.63. The van der Waals surface area contributed by atoms with Gasteiger partial charge in [0.15, 0.2) is 0 Å². The first kappa shape index (κ1) is 36.6. The van der Waals surface area contributed by atoms with E-state index in [0.29, 0.717) is 17.5 Å². The van der Waals surface area contributed by atoms with E-state index in [4.69, 9.17) is 15.2 Å². The van der Waals surface area contributed by atoms with Crippen molar-refractivity contribution in [1.29, 1.82) is 0 Å². The lowest BCUT2D eigenvalue weighted by molar-refractivity contribution is -0.139. The summed E-state index contributed by atoms with van der Waals surface area (Å²) < 4.78 is 37.5. The van der Waals surface area contributed by atoms with Gasteiger partial charge in [-0.2, -0.15) is 0 Å². The average Bonchev–Trinajstić information content (AvgIpc) is 3.44. The van der Waals surface area contributed by atoms with E-state index in [1.54, 1.807) is 32.9 Å². The molecule has 0 radical (unpaired) electrons. The van der Waals surface area contributed by atoms with Crippen molar-refractivity contribution < 1.29 is 42.2 Å². The number of alkyl carbamates (subject to hydrolysis) is 1. The van der Waals surface area contributed by atoms with Crippen molar-refractivity contribution in [3.63, 3.8) is 0 Å². The minimum Gasteiger partial charge on any atom is -0.444 e. The van der Waals surface area contributed by atoms with Gasteiger partial charge in [0.1, 0.15) is 36.3 Å². The maximum atomic E-state index is 14.2. The molecule has 264 valence electrons. The van der Waals surface area contributed by atoms with E-state index >= 15 is 0 Å². The van der Waals surface area contributed by atoms with E-state index in [2.05, 4.69) is 10.6 Å². The highest BCUT2D eigenvalue weighted by molar-refractivity contribution is 5.91. The number of hydrogen-bond acceptors (Lipinski definition) is 7. The number of allylic oxidation sites excluding steroid dienone is 2. The highest BCUT2D eigenvalue weighted by Gasteiger charge is 2.44. The first-order valence-electron chi connectivity index (χ1n) is 16.6. The molecule has 0 unspecified atom stereocenters. The third-order valence-corrected chi connectivity index (χ3v) is 8.63. The molecule has 2 aliphatic heterocycles. The number of nitrogens with zero attached hydrogens (tertiary/aromatic N) is 2. The minimum atomic E-state index is -1.05. The number of hydrogen-bond donors (Lipinski definition) is 3. The summed E-state index contributed by atoms with van der Waals surface area (Å²) in [6.07, 6.45) is 5.65. The first-order chi connectivity index (χ1) is 22.8. The summed E-state index contributed by atoms with van der Waals surface area (Å²) in [4.78, 5) is 66.4. The smallest absolute Gasteiger partial charge is 0.410 e. The zero-order valence-corrected chi connectivity index (χ0v) is 27.8. The van der Waals surface area contributed by atoms with Crippen LogP contribution in [0.25, 0.3) is 0 Å². The lowest BCUT2D eigenvalue weighted by Crippen LogP contribution is -2.53. The number of likely N-dealkylation sites (tertiary alicyclic amines) is 1. The zero-order valence-electron chi connectivity index (χ0n) is 27.8. The van der Waals surface area contributed by atoms with Crippen molar-refractivity contribution in [2.45, 2.75) is 103 Å². The highest BCUT2D eigenvalue weighted by atomic mass is 19.1. The molecule has 4 N–H and O–H groups in total. The second kappa shape index (κ2) is 16.2. The molecule has 4 rings (SSSR count). The molecule has 1 aliphatic carbocycles. The lowest BCUT2D eigenvalue weighted by Gasteiger charge is -2.28. The standard InChI is InChI=1S/C34H47F2N5O7/c1-34(2,3)48-32(45)39-27(13-8-6-4-5-7-10-21-16-24(21)30(43)38-15-14-35)31(44)41-19-23(17-28(41)29(37)42)47-33(46)40-18-22-11-9-12-26(36)25(22)20-40/h7,9-12,21,23-24,27-28H,4-6,8,13-20H2,1-3H3,(H2,37,42)(H,38,43)(H,39,45)/b10-7-/t21-,23-,24+,27+,28+/m1/s1. The van der Waals surface area contributed by atoms with Crippen LogP contribution in [0.4, 0.5) is 18.4 Å². The second-order valence-corrected chi connectivity index (χ2v) is 13.6. The van der Waals surface area contributed by atoms with Gasteiger partial charge < -0.3 is 30.7 Å². The average molecular weight is 676 g/mol. The fraction of sp³-hybridized carbons (Fsp3) is 0.618. The van der Waals surface area contributed by atoms with Crippen LogP contribution in [0.15, 0.2) is 30.4 Å². The van der Waals surface area contributed by atoms with Crippen molar-refractivity contribution in [3.05, 3.63) is 47.3 Å². The molecular weight excluding hydrogens is 628 g/mol. The normalized spacial score (nSPS) is 22.3. The number of amides is 5. The number of nitrogens with one attached hydrogen (secondary N) is 2. The van der Waals surface area contributed by atoms with E-state index in [1.807, 2.05) is 12.2 Å². The van der Waals surface area contributed by atoms with Gasteiger partial charge in [0.2, 0.25) is 17.7 Å². The van der Waals surface area contributed by atoms with Crippen LogP contribution < -0.4 is 16.4 Å². The molecular formula is C34H47F2N5O7. The topological polar surface area (TPSA) is 160 Å². The first-order valence-corrected chi connectivity index (χ1v) is 16.6. The molecule has 1 aromatic rings.